The first-order valence-electron chi connectivity index (χ1n) is 9.74. The number of ether oxygens (including phenoxy) is 2. The average Bonchev–Trinajstić information content (AvgIpc) is 3.25. The molecule has 0 unspecified atom stereocenters. The number of halogens is 3. The highest BCUT2D eigenvalue weighted by atomic mass is 19.4. The van der Waals surface area contributed by atoms with Crippen LogP contribution in [0.4, 0.5) is 18.9 Å². The first kappa shape index (κ1) is 23.7. The molecule has 0 aliphatic heterocycles. The number of alkyl halides is 3. The van der Waals surface area contributed by atoms with Crippen LogP contribution in [0.5, 0.6) is 5.75 Å². The van der Waals surface area contributed by atoms with Crippen LogP contribution in [0.25, 0.3) is 11.4 Å². The summed E-state index contributed by atoms with van der Waals surface area (Å²) in [5.41, 5.74) is 5.79. The first-order valence-corrected chi connectivity index (χ1v) is 9.74. The van der Waals surface area contributed by atoms with Gasteiger partial charge in [-0.1, -0.05) is 12.1 Å². The zero-order chi connectivity index (χ0) is 24.2. The minimum absolute atomic E-state index is 0.0608. The van der Waals surface area contributed by atoms with Gasteiger partial charge in [-0.05, 0) is 43.3 Å². The van der Waals surface area contributed by atoms with E-state index >= 15 is 0 Å². The summed E-state index contributed by atoms with van der Waals surface area (Å²) in [6, 6.07) is 12.8. The van der Waals surface area contributed by atoms with Crippen LogP contribution in [0.1, 0.15) is 28.5 Å². The molecule has 0 bridgehead atoms. The van der Waals surface area contributed by atoms with E-state index in [1.165, 1.54) is 49.5 Å². The monoisotopic (exact) mass is 461 g/mol. The maximum absolute atomic E-state index is 13.7. The number of esters is 1. The van der Waals surface area contributed by atoms with Gasteiger partial charge in [0.1, 0.15) is 11.3 Å². The zero-order valence-electron chi connectivity index (χ0n) is 17.8. The van der Waals surface area contributed by atoms with Crippen molar-refractivity contribution in [2.24, 2.45) is 11.6 Å². The van der Waals surface area contributed by atoms with E-state index in [1.54, 1.807) is 24.3 Å². The largest absolute Gasteiger partial charge is 0.497 e. The van der Waals surface area contributed by atoms with Crippen molar-refractivity contribution in [3.63, 3.8) is 0 Å². The minimum Gasteiger partial charge on any atom is -0.497 e. The van der Waals surface area contributed by atoms with E-state index in [9.17, 15) is 18.0 Å². The Balaban J connectivity index is 1.89. The number of hydrazine groups is 1. The quantitative estimate of drug-likeness (QED) is 0.314. The topological polar surface area (TPSA) is 109 Å². The van der Waals surface area contributed by atoms with Crippen LogP contribution in [-0.2, 0) is 10.9 Å². The van der Waals surface area contributed by atoms with Crippen LogP contribution in [0.15, 0.2) is 60.9 Å². The molecule has 0 saturated heterocycles. The summed E-state index contributed by atoms with van der Waals surface area (Å²) in [6.07, 6.45) is -2.52. The molecule has 0 aliphatic rings. The molecule has 174 valence electrons. The van der Waals surface area contributed by atoms with Crippen LogP contribution in [-0.4, -0.2) is 29.5 Å². The van der Waals surface area contributed by atoms with Crippen LogP contribution in [0.2, 0.25) is 0 Å². The smallest absolute Gasteiger partial charge is 0.434 e. The number of hydrogen-bond donors (Lipinski definition) is 2. The fourth-order valence-electron chi connectivity index (χ4n) is 3.04. The molecule has 0 fully saturated rings. The van der Waals surface area contributed by atoms with Crippen molar-refractivity contribution >= 4 is 17.4 Å². The lowest BCUT2D eigenvalue weighted by Crippen LogP contribution is -2.25. The Morgan fingerprint density at radius 1 is 1.21 bits per heavy atom. The van der Waals surface area contributed by atoms with Crippen LogP contribution < -0.4 is 21.3 Å². The molecule has 0 aliphatic carbocycles. The average molecular weight is 461 g/mol. The van der Waals surface area contributed by atoms with Gasteiger partial charge in [-0.3, -0.25) is 5.01 Å². The third-order valence-electron chi connectivity index (χ3n) is 4.61. The number of nitrogens with zero attached hydrogens (tertiary/aromatic N) is 3. The van der Waals surface area contributed by atoms with Crippen molar-refractivity contribution in [3.8, 4) is 11.4 Å². The van der Waals surface area contributed by atoms with Crippen molar-refractivity contribution < 1.29 is 27.4 Å². The molecule has 4 N–H and O–H groups in total. The summed E-state index contributed by atoms with van der Waals surface area (Å²) >= 11 is 0. The summed E-state index contributed by atoms with van der Waals surface area (Å²) < 4.78 is 51.5. The number of rotatable bonds is 7. The Hall–Kier alpha value is -3.99. The Morgan fingerprint density at radius 2 is 1.91 bits per heavy atom. The van der Waals surface area contributed by atoms with Crippen molar-refractivity contribution in [1.29, 1.82) is 0 Å². The molecule has 0 atom stereocenters. The maximum atomic E-state index is 13.7. The zero-order valence-corrected chi connectivity index (χ0v) is 17.8. The second kappa shape index (κ2) is 9.65. The lowest BCUT2D eigenvalue weighted by molar-refractivity contribution is -0.143. The Kier molecular flexibility index (Phi) is 6.92. The molecule has 2 aromatic carbocycles. The highest BCUT2D eigenvalue weighted by molar-refractivity contribution is 5.90. The highest BCUT2D eigenvalue weighted by Crippen LogP contribution is 2.34. The number of methoxy groups -OCH3 is 1. The molecule has 0 spiro atoms. The van der Waals surface area contributed by atoms with Crippen molar-refractivity contribution in [2.45, 2.75) is 13.1 Å². The third-order valence-corrected chi connectivity index (χ3v) is 4.61. The second-order valence-electron chi connectivity index (χ2n) is 6.78. The van der Waals surface area contributed by atoms with E-state index in [-0.39, 0.29) is 12.3 Å². The van der Waals surface area contributed by atoms with Crippen LogP contribution in [0.3, 0.4) is 0 Å². The molecule has 0 amide bonds. The van der Waals surface area contributed by atoms with Gasteiger partial charge in [-0.25, -0.2) is 15.3 Å². The van der Waals surface area contributed by atoms with Crippen molar-refractivity contribution in [2.75, 3.05) is 18.7 Å². The van der Waals surface area contributed by atoms with E-state index < -0.39 is 23.4 Å². The lowest BCUT2D eigenvalue weighted by Gasteiger charge is -2.17. The molecular formula is C22H22F3N5O3. The van der Waals surface area contributed by atoms with Gasteiger partial charge in [-0.15, -0.1) is 0 Å². The van der Waals surface area contributed by atoms with Gasteiger partial charge in [0.15, 0.2) is 5.69 Å². The number of hydrogen-bond acceptors (Lipinski definition) is 7. The molecular weight excluding hydrogens is 439 g/mol. The van der Waals surface area contributed by atoms with Crippen LogP contribution in [0, 0.1) is 0 Å². The summed E-state index contributed by atoms with van der Waals surface area (Å²) in [6.45, 7) is 1.44. The number of nitrogens with two attached hydrogens (primary N) is 2. The van der Waals surface area contributed by atoms with Gasteiger partial charge in [0.2, 0.25) is 0 Å². The van der Waals surface area contributed by atoms with Gasteiger partial charge < -0.3 is 15.2 Å². The van der Waals surface area contributed by atoms with E-state index in [2.05, 4.69) is 5.10 Å². The number of aromatic nitrogens is 2. The number of carbonyl (C=O) groups excluding carboxylic acids is 1. The van der Waals surface area contributed by atoms with Gasteiger partial charge >= 0.3 is 12.1 Å². The van der Waals surface area contributed by atoms with Gasteiger partial charge in [-0.2, -0.15) is 18.3 Å². The number of carbonyl (C=O) groups is 1. The van der Waals surface area contributed by atoms with Gasteiger partial charge in [0.05, 0.1) is 37.0 Å². The van der Waals surface area contributed by atoms with E-state index in [0.717, 1.165) is 6.20 Å². The summed E-state index contributed by atoms with van der Waals surface area (Å²) in [5.74, 6) is 5.58. The molecule has 1 heterocycles. The lowest BCUT2D eigenvalue weighted by atomic mass is 10.1. The Morgan fingerprint density at radius 3 is 2.52 bits per heavy atom. The molecule has 3 aromatic rings. The normalized spacial score (nSPS) is 11.9. The van der Waals surface area contributed by atoms with Gasteiger partial charge in [0.25, 0.3) is 0 Å². The minimum atomic E-state index is -4.83. The SMILES string of the molecule is CCOC(=O)c1cnn(-c2ccc(N(N)/C=C(\N)c3cccc(OC)c3)cc2)c1C(F)(F)F. The predicted molar refractivity (Wildman–Crippen MR) is 116 cm³/mol. The predicted octanol–water partition coefficient (Wildman–Crippen LogP) is 3.71. The van der Waals surface area contributed by atoms with E-state index in [4.69, 9.17) is 21.1 Å². The molecule has 8 nitrogen and oxygen atoms in total. The summed E-state index contributed by atoms with van der Waals surface area (Å²) in [7, 11) is 1.54. The number of anilines is 1. The standard InChI is InChI=1S/C22H22F3N5O3/c1-3-33-21(31)18-12-28-30(20(18)22(23,24)25)16-9-7-15(8-10-16)29(27)13-19(26)14-5-4-6-17(11-14)32-2/h4-13H,3,26-27H2,1-2H3/b19-13-. The molecule has 0 saturated carbocycles. The number of benzene rings is 2. The van der Waals surface area contributed by atoms with Crippen molar-refractivity contribution in [1.82, 2.24) is 9.78 Å². The fraction of sp³-hybridized carbons (Fsp3) is 0.182. The molecule has 11 heteroatoms. The summed E-state index contributed by atoms with van der Waals surface area (Å²) in [5, 5.41) is 4.97. The van der Waals surface area contributed by atoms with E-state index in [1.807, 2.05) is 0 Å². The van der Waals surface area contributed by atoms with Gasteiger partial charge in [0, 0.05) is 11.8 Å². The molecule has 3 rings (SSSR count). The fourth-order valence-corrected chi connectivity index (χ4v) is 3.04. The molecule has 33 heavy (non-hydrogen) atoms. The molecule has 0 radical (unpaired) electrons. The highest BCUT2D eigenvalue weighted by Gasteiger charge is 2.41. The Labute approximate surface area is 187 Å². The Bertz CT molecular complexity index is 1160. The van der Waals surface area contributed by atoms with E-state index in [0.29, 0.717) is 27.4 Å². The third kappa shape index (κ3) is 5.26. The van der Waals surface area contributed by atoms with Crippen molar-refractivity contribution in [3.05, 3.63) is 77.7 Å². The summed E-state index contributed by atoms with van der Waals surface area (Å²) in [4.78, 5) is 11.9. The molecule has 1 aromatic heterocycles. The first-order chi connectivity index (χ1) is 15.7. The second-order valence-corrected chi connectivity index (χ2v) is 6.78. The van der Waals surface area contributed by atoms with Crippen LogP contribution >= 0.6 is 0 Å². The maximum Gasteiger partial charge on any atom is 0.434 e.